The van der Waals surface area contributed by atoms with E-state index in [4.69, 9.17) is 5.73 Å². The number of carbonyl (C=O) groups excluding carboxylic acids is 1. The molecule has 3 heteroatoms. The van der Waals surface area contributed by atoms with E-state index >= 15 is 0 Å². The highest BCUT2D eigenvalue weighted by molar-refractivity contribution is 5.78. The van der Waals surface area contributed by atoms with Crippen molar-refractivity contribution in [3.05, 3.63) is 35.4 Å². The minimum Gasteiger partial charge on any atom is -0.341 e. The highest BCUT2D eigenvalue weighted by atomic mass is 16.2. The monoisotopic (exact) mass is 220 g/mol. The van der Waals surface area contributed by atoms with E-state index < -0.39 is 0 Å². The van der Waals surface area contributed by atoms with Crippen LogP contribution in [0.2, 0.25) is 0 Å². The lowest BCUT2D eigenvalue weighted by molar-refractivity contribution is -0.133. The fraction of sp³-hybridized carbons (Fsp3) is 0.462. The third-order valence-electron chi connectivity index (χ3n) is 2.65. The minimum atomic E-state index is -0.102. The summed E-state index contributed by atoms with van der Waals surface area (Å²) < 4.78 is 0. The first kappa shape index (κ1) is 12.7. The van der Waals surface area contributed by atoms with E-state index in [9.17, 15) is 4.79 Å². The van der Waals surface area contributed by atoms with Crippen LogP contribution in [0, 0.1) is 12.8 Å². The summed E-state index contributed by atoms with van der Waals surface area (Å²) in [5.41, 5.74) is 7.85. The van der Waals surface area contributed by atoms with Crippen LogP contribution in [0.15, 0.2) is 24.3 Å². The predicted molar refractivity (Wildman–Crippen MR) is 65.9 cm³/mol. The van der Waals surface area contributed by atoms with Crippen molar-refractivity contribution in [1.29, 1.82) is 0 Å². The van der Waals surface area contributed by atoms with Gasteiger partial charge in [0, 0.05) is 26.1 Å². The van der Waals surface area contributed by atoms with Gasteiger partial charge >= 0.3 is 0 Å². The van der Waals surface area contributed by atoms with Crippen molar-refractivity contribution in [3.8, 4) is 0 Å². The Hall–Kier alpha value is -1.35. The molecule has 0 fully saturated rings. The van der Waals surface area contributed by atoms with Gasteiger partial charge in [-0.3, -0.25) is 4.79 Å². The molecule has 2 N–H and O–H groups in total. The van der Waals surface area contributed by atoms with Crippen molar-refractivity contribution in [1.82, 2.24) is 4.90 Å². The lowest BCUT2D eigenvalue weighted by atomic mass is 10.1. The van der Waals surface area contributed by atoms with Gasteiger partial charge in [-0.2, -0.15) is 0 Å². The molecule has 0 radical (unpaired) electrons. The molecule has 1 aromatic carbocycles. The zero-order valence-corrected chi connectivity index (χ0v) is 10.2. The van der Waals surface area contributed by atoms with Crippen LogP contribution in [0.1, 0.15) is 18.1 Å². The van der Waals surface area contributed by atoms with E-state index in [1.54, 1.807) is 4.90 Å². The van der Waals surface area contributed by atoms with Crippen molar-refractivity contribution in [2.75, 3.05) is 13.6 Å². The second-order valence-corrected chi connectivity index (χ2v) is 4.32. The van der Waals surface area contributed by atoms with Crippen LogP contribution < -0.4 is 5.73 Å². The molecule has 1 aromatic rings. The molecule has 1 amide bonds. The average molecular weight is 220 g/mol. The van der Waals surface area contributed by atoms with Crippen molar-refractivity contribution in [3.63, 3.8) is 0 Å². The summed E-state index contributed by atoms with van der Waals surface area (Å²) in [5.74, 6) is -0.00110. The summed E-state index contributed by atoms with van der Waals surface area (Å²) in [6.45, 7) is 4.95. The number of carbonyl (C=O) groups is 1. The number of amides is 1. The van der Waals surface area contributed by atoms with Crippen LogP contribution in [-0.4, -0.2) is 24.4 Å². The maximum absolute atomic E-state index is 11.8. The normalized spacial score (nSPS) is 12.2. The van der Waals surface area contributed by atoms with Crippen molar-refractivity contribution in [2.45, 2.75) is 20.4 Å². The van der Waals surface area contributed by atoms with Gasteiger partial charge < -0.3 is 10.6 Å². The fourth-order valence-corrected chi connectivity index (χ4v) is 1.64. The lowest BCUT2D eigenvalue weighted by Gasteiger charge is -2.20. The third-order valence-corrected chi connectivity index (χ3v) is 2.65. The number of nitrogens with two attached hydrogens (primary N) is 1. The molecule has 1 atom stereocenters. The first-order chi connectivity index (χ1) is 7.54. The summed E-state index contributed by atoms with van der Waals surface area (Å²) in [5, 5.41) is 0. The van der Waals surface area contributed by atoms with Gasteiger partial charge in [0.1, 0.15) is 0 Å². The van der Waals surface area contributed by atoms with E-state index in [1.165, 1.54) is 5.56 Å². The maximum atomic E-state index is 11.8. The Labute approximate surface area is 97.2 Å². The minimum absolute atomic E-state index is 0.101. The van der Waals surface area contributed by atoms with Gasteiger partial charge in [-0.05, 0) is 12.5 Å². The summed E-state index contributed by atoms with van der Waals surface area (Å²) in [6.07, 6.45) is 0. The topological polar surface area (TPSA) is 46.3 Å². The van der Waals surface area contributed by atoms with E-state index in [2.05, 4.69) is 6.07 Å². The SMILES string of the molecule is Cc1cccc(CN(C)C(=O)C(C)CN)c1. The van der Waals surface area contributed by atoms with Gasteiger partial charge in [0.25, 0.3) is 0 Å². The van der Waals surface area contributed by atoms with E-state index in [-0.39, 0.29) is 11.8 Å². The molecule has 88 valence electrons. The van der Waals surface area contributed by atoms with Crippen LogP contribution in [-0.2, 0) is 11.3 Å². The molecule has 0 spiro atoms. The summed E-state index contributed by atoms with van der Waals surface area (Å²) in [7, 11) is 1.82. The molecular formula is C13H20N2O. The number of aryl methyl sites for hydroxylation is 1. The fourth-order valence-electron chi connectivity index (χ4n) is 1.64. The molecule has 1 rings (SSSR count). The maximum Gasteiger partial charge on any atom is 0.226 e. The first-order valence-electron chi connectivity index (χ1n) is 5.55. The summed E-state index contributed by atoms with van der Waals surface area (Å²) in [4.78, 5) is 13.5. The Bertz CT molecular complexity index is 363. The van der Waals surface area contributed by atoms with Gasteiger partial charge in [0.15, 0.2) is 0 Å². The van der Waals surface area contributed by atoms with Gasteiger partial charge in [-0.15, -0.1) is 0 Å². The summed E-state index contributed by atoms with van der Waals surface area (Å²) in [6, 6.07) is 8.18. The molecule has 0 saturated heterocycles. The molecule has 1 unspecified atom stereocenters. The average Bonchev–Trinajstić information content (AvgIpc) is 2.27. The van der Waals surface area contributed by atoms with Crippen LogP contribution >= 0.6 is 0 Å². The van der Waals surface area contributed by atoms with Crippen LogP contribution in [0.5, 0.6) is 0 Å². The molecule has 3 nitrogen and oxygen atoms in total. The molecule has 0 aliphatic carbocycles. The predicted octanol–water partition coefficient (Wildman–Crippen LogP) is 1.55. The molecule has 0 aliphatic rings. The van der Waals surface area contributed by atoms with Crippen LogP contribution in [0.3, 0.4) is 0 Å². The molecule has 0 saturated carbocycles. The smallest absolute Gasteiger partial charge is 0.226 e. The second kappa shape index (κ2) is 5.66. The highest BCUT2D eigenvalue weighted by Gasteiger charge is 2.15. The lowest BCUT2D eigenvalue weighted by Crippen LogP contribution is -2.34. The number of rotatable bonds is 4. The van der Waals surface area contributed by atoms with Gasteiger partial charge in [-0.1, -0.05) is 36.8 Å². The first-order valence-corrected chi connectivity index (χ1v) is 5.55. The van der Waals surface area contributed by atoms with Gasteiger partial charge in [-0.25, -0.2) is 0 Å². The third kappa shape index (κ3) is 3.35. The van der Waals surface area contributed by atoms with Gasteiger partial charge in [0.05, 0.1) is 0 Å². The Morgan fingerprint density at radius 1 is 1.50 bits per heavy atom. The molecule has 0 aromatic heterocycles. The Kier molecular flexibility index (Phi) is 4.50. The second-order valence-electron chi connectivity index (χ2n) is 4.32. The quantitative estimate of drug-likeness (QED) is 0.836. The summed E-state index contributed by atoms with van der Waals surface area (Å²) >= 11 is 0. The number of nitrogens with zero attached hydrogens (tertiary/aromatic N) is 1. The number of hydrogen-bond donors (Lipinski definition) is 1. The molecule has 0 aliphatic heterocycles. The van der Waals surface area contributed by atoms with Crippen molar-refractivity contribution < 1.29 is 4.79 Å². The Morgan fingerprint density at radius 3 is 2.75 bits per heavy atom. The van der Waals surface area contributed by atoms with E-state index in [0.717, 1.165) is 5.56 Å². The van der Waals surface area contributed by atoms with Crippen LogP contribution in [0.4, 0.5) is 0 Å². The molecular weight excluding hydrogens is 200 g/mol. The van der Waals surface area contributed by atoms with Crippen LogP contribution in [0.25, 0.3) is 0 Å². The zero-order chi connectivity index (χ0) is 12.1. The van der Waals surface area contributed by atoms with Gasteiger partial charge in [0.2, 0.25) is 5.91 Å². The zero-order valence-electron chi connectivity index (χ0n) is 10.2. The van der Waals surface area contributed by atoms with Crippen molar-refractivity contribution in [2.24, 2.45) is 11.7 Å². The standard InChI is InChI=1S/C13H20N2O/c1-10-5-4-6-12(7-10)9-15(3)13(16)11(2)8-14/h4-7,11H,8-9,14H2,1-3H3. The van der Waals surface area contributed by atoms with Crippen molar-refractivity contribution >= 4 is 5.91 Å². The molecule has 16 heavy (non-hydrogen) atoms. The molecule has 0 heterocycles. The van der Waals surface area contributed by atoms with E-state index in [0.29, 0.717) is 13.1 Å². The number of benzene rings is 1. The Balaban J connectivity index is 2.64. The van der Waals surface area contributed by atoms with E-state index in [1.807, 2.05) is 39.1 Å². The highest BCUT2D eigenvalue weighted by Crippen LogP contribution is 2.08. The largest absolute Gasteiger partial charge is 0.341 e. The Morgan fingerprint density at radius 2 is 2.19 bits per heavy atom. The number of hydrogen-bond acceptors (Lipinski definition) is 2. The molecule has 0 bridgehead atoms.